The lowest BCUT2D eigenvalue weighted by atomic mass is 10.0. The number of thiophene rings is 1. The predicted molar refractivity (Wildman–Crippen MR) is 80.6 cm³/mol. The van der Waals surface area contributed by atoms with E-state index in [0.29, 0.717) is 12.2 Å². The van der Waals surface area contributed by atoms with Crippen LogP contribution in [0.2, 0.25) is 0 Å². The van der Waals surface area contributed by atoms with Crippen molar-refractivity contribution >= 4 is 21.2 Å². The van der Waals surface area contributed by atoms with Gasteiger partial charge in [-0.1, -0.05) is 0 Å². The number of sulfone groups is 1. The lowest BCUT2D eigenvalue weighted by Gasteiger charge is -2.09. The third-order valence-corrected chi connectivity index (χ3v) is 5.51. The van der Waals surface area contributed by atoms with Gasteiger partial charge in [0.15, 0.2) is 0 Å². The molecule has 0 saturated carbocycles. The van der Waals surface area contributed by atoms with Crippen LogP contribution in [0.4, 0.5) is 0 Å². The zero-order valence-corrected chi connectivity index (χ0v) is 12.9. The van der Waals surface area contributed by atoms with Crippen LogP contribution in [0.25, 0.3) is 11.3 Å². The largest absolute Gasteiger partial charge is 0.344 e. The van der Waals surface area contributed by atoms with Crippen LogP contribution in [0.1, 0.15) is 28.9 Å². The molecule has 1 unspecified atom stereocenters. The van der Waals surface area contributed by atoms with E-state index in [0.717, 1.165) is 24.2 Å². The van der Waals surface area contributed by atoms with Crippen LogP contribution in [0, 0.1) is 0 Å². The molecular weight excluding hydrogens is 294 g/mol. The van der Waals surface area contributed by atoms with Gasteiger partial charge >= 0.3 is 0 Å². The number of aromatic nitrogens is 2. The molecule has 0 radical (unpaired) electrons. The van der Waals surface area contributed by atoms with Gasteiger partial charge in [0.25, 0.3) is 0 Å². The van der Waals surface area contributed by atoms with E-state index in [1.165, 1.54) is 16.7 Å². The average Bonchev–Trinajstić information content (AvgIpc) is 2.99. The smallest absolute Gasteiger partial charge is 0.147 e. The van der Waals surface area contributed by atoms with Crippen LogP contribution in [-0.2, 0) is 22.7 Å². The van der Waals surface area contributed by atoms with E-state index in [1.807, 2.05) is 0 Å². The summed E-state index contributed by atoms with van der Waals surface area (Å²) in [4.78, 5) is 9.23. The van der Waals surface area contributed by atoms with Crippen molar-refractivity contribution in [2.45, 2.75) is 25.3 Å². The summed E-state index contributed by atoms with van der Waals surface area (Å²) in [5, 5.41) is 2.08. The van der Waals surface area contributed by atoms with Gasteiger partial charge in [0.05, 0.1) is 17.5 Å². The van der Waals surface area contributed by atoms with E-state index in [2.05, 4.69) is 21.4 Å². The average molecular weight is 311 g/mol. The summed E-state index contributed by atoms with van der Waals surface area (Å²) in [5.74, 6) is 0.779. The quantitative estimate of drug-likeness (QED) is 0.899. The first-order chi connectivity index (χ1) is 9.44. The maximum atomic E-state index is 11.2. The van der Waals surface area contributed by atoms with Crippen molar-refractivity contribution in [2.24, 2.45) is 5.73 Å². The van der Waals surface area contributed by atoms with Gasteiger partial charge in [0, 0.05) is 22.4 Å². The SMILES string of the molecule is CS(=O)(=O)CCC(N)c1nc2c([nH]1)CCc1sccc1-2. The highest BCUT2D eigenvalue weighted by molar-refractivity contribution is 7.90. The number of H-pyrrole nitrogens is 1. The highest BCUT2D eigenvalue weighted by Gasteiger charge is 2.23. The minimum Gasteiger partial charge on any atom is -0.344 e. The summed E-state index contributed by atoms with van der Waals surface area (Å²) < 4.78 is 22.4. The Hall–Kier alpha value is -1.18. The second-order valence-electron chi connectivity index (χ2n) is 5.23. The molecule has 3 N–H and O–H groups in total. The Balaban J connectivity index is 1.84. The van der Waals surface area contributed by atoms with Gasteiger partial charge in [-0.25, -0.2) is 13.4 Å². The van der Waals surface area contributed by atoms with E-state index < -0.39 is 9.84 Å². The number of aromatic amines is 1. The van der Waals surface area contributed by atoms with Crippen molar-refractivity contribution in [1.29, 1.82) is 0 Å². The van der Waals surface area contributed by atoms with Crippen LogP contribution >= 0.6 is 11.3 Å². The van der Waals surface area contributed by atoms with Crippen molar-refractivity contribution in [3.8, 4) is 11.3 Å². The highest BCUT2D eigenvalue weighted by atomic mass is 32.2. The number of nitrogens with one attached hydrogen (secondary N) is 1. The molecule has 0 amide bonds. The Kier molecular flexibility index (Phi) is 3.43. The van der Waals surface area contributed by atoms with Crippen LogP contribution in [0.15, 0.2) is 11.4 Å². The summed E-state index contributed by atoms with van der Waals surface area (Å²) in [6, 6.07) is 1.72. The summed E-state index contributed by atoms with van der Waals surface area (Å²) >= 11 is 1.76. The van der Waals surface area contributed by atoms with Crippen LogP contribution < -0.4 is 5.73 Å². The summed E-state index contributed by atoms with van der Waals surface area (Å²) in [7, 11) is -2.99. The van der Waals surface area contributed by atoms with Crippen molar-refractivity contribution in [3.05, 3.63) is 27.8 Å². The second-order valence-corrected chi connectivity index (χ2v) is 8.49. The standard InChI is InChI=1S/C13H17N3O2S2/c1-20(17,18)7-5-9(14)13-15-10-2-3-11-8(4-6-19-11)12(10)16-13/h4,6,9H,2-3,5,7,14H2,1H3,(H,15,16). The Bertz CT molecular complexity index is 731. The molecule has 1 aliphatic rings. The number of nitrogens with zero attached hydrogens (tertiary/aromatic N) is 1. The molecule has 5 nitrogen and oxygen atoms in total. The van der Waals surface area contributed by atoms with Crippen LogP contribution in [0.5, 0.6) is 0 Å². The van der Waals surface area contributed by atoms with Gasteiger partial charge in [-0.2, -0.15) is 0 Å². The number of fused-ring (bicyclic) bond motifs is 3. The second kappa shape index (κ2) is 4.98. The van der Waals surface area contributed by atoms with Gasteiger partial charge in [-0.3, -0.25) is 0 Å². The Morgan fingerprint density at radius 3 is 3.05 bits per heavy atom. The number of imidazole rings is 1. The van der Waals surface area contributed by atoms with Crippen molar-refractivity contribution in [1.82, 2.24) is 9.97 Å². The third-order valence-electron chi connectivity index (χ3n) is 3.55. The van der Waals surface area contributed by atoms with E-state index in [1.54, 1.807) is 11.3 Å². The van der Waals surface area contributed by atoms with Gasteiger partial charge in [-0.15, -0.1) is 11.3 Å². The topological polar surface area (TPSA) is 88.8 Å². The molecule has 1 aliphatic carbocycles. The molecule has 2 aromatic rings. The molecule has 0 fully saturated rings. The number of aryl methyl sites for hydroxylation is 2. The summed E-state index contributed by atoms with van der Waals surface area (Å²) in [5.41, 5.74) is 9.34. The van der Waals surface area contributed by atoms with Gasteiger partial charge in [0.1, 0.15) is 15.7 Å². The fourth-order valence-electron chi connectivity index (χ4n) is 2.47. The molecule has 0 aromatic carbocycles. The summed E-state index contributed by atoms with van der Waals surface area (Å²) in [6.45, 7) is 0. The molecule has 0 aliphatic heterocycles. The zero-order chi connectivity index (χ0) is 14.3. The van der Waals surface area contributed by atoms with Crippen LogP contribution in [-0.4, -0.2) is 30.4 Å². The summed E-state index contributed by atoms with van der Waals surface area (Å²) in [6.07, 6.45) is 3.58. The minimum atomic E-state index is -2.99. The molecule has 0 saturated heterocycles. The fourth-order valence-corrected chi connectivity index (χ4v) is 4.03. The maximum Gasteiger partial charge on any atom is 0.147 e. The Morgan fingerprint density at radius 2 is 2.30 bits per heavy atom. The van der Waals surface area contributed by atoms with Gasteiger partial charge in [-0.05, 0) is 30.7 Å². The molecule has 2 heterocycles. The monoisotopic (exact) mass is 311 g/mol. The molecule has 20 heavy (non-hydrogen) atoms. The lowest BCUT2D eigenvalue weighted by molar-refractivity contribution is 0.587. The Labute approximate surface area is 122 Å². The molecule has 3 rings (SSSR count). The maximum absolute atomic E-state index is 11.2. The molecule has 0 spiro atoms. The van der Waals surface area contributed by atoms with Crippen LogP contribution in [0.3, 0.4) is 0 Å². The number of rotatable bonds is 4. The minimum absolute atomic E-state index is 0.0865. The van der Waals surface area contributed by atoms with E-state index in [-0.39, 0.29) is 11.8 Å². The van der Waals surface area contributed by atoms with E-state index >= 15 is 0 Å². The predicted octanol–water partition coefficient (Wildman–Crippen LogP) is 1.67. The molecule has 2 aromatic heterocycles. The number of nitrogens with two attached hydrogens (primary N) is 1. The first kappa shape index (κ1) is 13.8. The first-order valence-corrected chi connectivity index (χ1v) is 9.47. The molecule has 0 bridgehead atoms. The van der Waals surface area contributed by atoms with Crippen molar-refractivity contribution < 1.29 is 8.42 Å². The first-order valence-electron chi connectivity index (χ1n) is 6.53. The molecule has 1 atom stereocenters. The van der Waals surface area contributed by atoms with E-state index in [9.17, 15) is 8.42 Å². The molecule has 7 heteroatoms. The zero-order valence-electron chi connectivity index (χ0n) is 11.2. The lowest BCUT2D eigenvalue weighted by Crippen LogP contribution is -2.17. The van der Waals surface area contributed by atoms with Gasteiger partial charge < -0.3 is 10.7 Å². The van der Waals surface area contributed by atoms with Crippen molar-refractivity contribution in [3.63, 3.8) is 0 Å². The van der Waals surface area contributed by atoms with Gasteiger partial charge in [0.2, 0.25) is 0 Å². The molecule has 108 valence electrons. The number of hydrogen-bond acceptors (Lipinski definition) is 5. The highest BCUT2D eigenvalue weighted by Crippen LogP contribution is 2.35. The normalized spacial score (nSPS) is 15.7. The molecular formula is C13H17N3O2S2. The van der Waals surface area contributed by atoms with E-state index in [4.69, 9.17) is 5.73 Å². The van der Waals surface area contributed by atoms with Crippen molar-refractivity contribution in [2.75, 3.05) is 12.0 Å². The fraction of sp³-hybridized carbons (Fsp3) is 0.462. The number of hydrogen-bond donors (Lipinski definition) is 2. The third kappa shape index (κ3) is 2.65. The Morgan fingerprint density at radius 1 is 1.50 bits per heavy atom.